The molecule has 0 aliphatic carbocycles. The van der Waals surface area contributed by atoms with Crippen molar-refractivity contribution in [2.75, 3.05) is 0 Å². The van der Waals surface area contributed by atoms with Crippen molar-refractivity contribution in [3.05, 3.63) is 24.3 Å². The average molecular weight is 238 g/mol. The average Bonchev–Trinajstić information content (AvgIpc) is 2.67. The molecule has 0 saturated carbocycles. The molecule has 2 aromatic heterocycles. The maximum absolute atomic E-state index is 5.96. The van der Waals surface area contributed by atoms with Gasteiger partial charge in [-0.25, -0.2) is 4.98 Å². The van der Waals surface area contributed by atoms with Crippen LogP contribution in [0.2, 0.25) is 0 Å². The zero-order valence-corrected chi connectivity index (χ0v) is 10.6. The molecule has 0 aromatic carbocycles. The number of fused-ring (bicyclic) bond motifs is 1. The Labute approximate surface area is 100 Å². The molecule has 2 aromatic rings. The maximum atomic E-state index is 5.96. The molecule has 86 valence electrons. The molecule has 3 nitrogen and oxygen atoms in total. The highest BCUT2D eigenvalue weighted by atomic mass is 35.5. The third-order valence-electron chi connectivity index (χ3n) is 3.12. The second-order valence-electron chi connectivity index (χ2n) is 4.53. The van der Waals surface area contributed by atoms with E-state index < -0.39 is 0 Å². The molecule has 0 aliphatic heterocycles. The van der Waals surface area contributed by atoms with E-state index in [0.717, 1.165) is 23.3 Å². The van der Waals surface area contributed by atoms with Crippen LogP contribution < -0.4 is 0 Å². The van der Waals surface area contributed by atoms with Gasteiger partial charge in [0.15, 0.2) is 0 Å². The van der Waals surface area contributed by atoms with Gasteiger partial charge in [0.05, 0.1) is 17.6 Å². The maximum Gasteiger partial charge on any atom is 0.125 e. The van der Waals surface area contributed by atoms with Crippen LogP contribution in [-0.2, 0) is 11.4 Å². The van der Waals surface area contributed by atoms with Crippen molar-refractivity contribution in [3.8, 4) is 0 Å². The summed E-state index contributed by atoms with van der Waals surface area (Å²) >= 11 is 5.96. The zero-order chi connectivity index (χ0) is 11.8. The van der Waals surface area contributed by atoms with Gasteiger partial charge < -0.3 is 4.57 Å². The van der Waals surface area contributed by atoms with Gasteiger partial charge in [-0.3, -0.25) is 4.98 Å². The monoisotopic (exact) mass is 237 g/mol. The molecule has 0 saturated heterocycles. The first-order valence-corrected chi connectivity index (χ1v) is 6.01. The van der Waals surface area contributed by atoms with Crippen LogP contribution in [-0.4, -0.2) is 14.5 Å². The molecule has 4 heteroatoms. The van der Waals surface area contributed by atoms with Crippen molar-refractivity contribution >= 4 is 22.6 Å². The van der Waals surface area contributed by atoms with Crippen LogP contribution in [0.1, 0.15) is 33.0 Å². The van der Waals surface area contributed by atoms with Crippen molar-refractivity contribution in [2.24, 2.45) is 0 Å². The Balaban J connectivity index is 2.74. The van der Waals surface area contributed by atoms with Crippen LogP contribution in [0.25, 0.3) is 11.0 Å². The highest BCUT2D eigenvalue weighted by Crippen LogP contribution is 2.28. The summed E-state index contributed by atoms with van der Waals surface area (Å²) < 4.78 is 2.22. The Bertz CT molecular complexity index is 502. The lowest BCUT2D eigenvalue weighted by atomic mass is 10.0. The van der Waals surface area contributed by atoms with Crippen molar-refractivity contribution in [1.29, 1.82) is 0 Å². The molecule has 2 heterocycles. The van der Waals surface area contributed by atoms with Crippen molar-refractivity contribution in [2.45, 2.75) is 38.6 Å². The van der Waals surface area contributed by atoms with E-state index in [1.54, 1.807) is 12.4 Å². The Morgan fingerprint density at radius 2 is 2.19 bits per heavy atom. The summed E-state index contributed by atoms with van der Waals surface area (Å²) in [7, 11) is 0. The summed E-state index contributed by atoms with van der Waals surface area (Å²) in [6, 6.07) is 2.00. The predicted octanol–water partition coefficient (Wildman–Crippen LogP) is 3.32. The number of alkyl halides is 1. The molecule has 16 heavy (non-hydrogen) atoms. The Hall–Kier alpha value is -1.09. The number of hydrogen-bond acceptors (Lipinski definition) is 2. The van der Waals surface area contributed by atoms with Crippen molar-refractivity contribution in [3.63, 3.8) is 0 Å². The molecule has 0 amide bonds. The van der Waals surface area contributed by atoms with Gasteiger partial charge in [-0.1, -0.05) is 6.92 Å². The van der Waals surface area contributed by atoms with Gasteiger partial charge in [0.25, 0.3) is 0 Å². The number of nitrogens with zero attached hydrogens (tertiary/aromatic N) is 3. The van der Waals surface area contributed by atoms with E-state index in [2.05, 4.69) is 35.3 Å². The van der Waals surface area contributed by atoms with Crippen molar-refractivity contribution < 1.29 is 0 Å². The highest BCUT2D eigenvalue weighted by Gasteiger charge is 2.23. The molecular weight excluding hydrogens is 222 g/mol. The van der Waals surface area contributed by atoms with Crippen LogP contribution in [0.4, 0.5) is 0 Å². The zero-order valence-electron chi connectivity index (χ0n) is 9.87. The van der Waals surface area contributed by atoms with Gasteiger partial charge >= 0.3 is 0 Å². The second-order valence-corrected chi connectivity index (χ2v) is 4.79. The van der Waals surface area contributed by atoms with Gasteiger partial charge in [-0.2, -0.15) is 0 Å². The standard InChI is InChI=1S/C12H16ClN3/c1-4-12(2,3)16-10-5-6-14-8-9(10)15-11(16)7-13/h5-6,8H,4,7H2,1-3H3. The van der Waals surface area contributed by atoms with E-state index in [9.17, 15) is 0 Å². The molecule has 0 spiro atoms. The van der Waals surface area contributed by atoms with E-state index in [-0.39, 0.29) is 5.54 Å². The minimum Gasteiger partial charge on any atom is -0.321 e. The first-order valence-electron chi connectivity index (χ1n) is 5.48. The quantitative estimate of drug-likeness (QED) is 0.767. The van der Waals surface area contributed by atoms with Gasteiger partial charge in [0, 0.05) is 11.7 Å². The van der Waals surface area contributed by atoms with Gasteiger partial charge in [0.1, 0.15) is 11.3 Å². The van der Waals surface area contributed by atoms with Gasteiger partial charge in [-0.05, 0) is 26.3 Å². The number of hydrogen-bond donors (Lipinski definition) is 0. The predicted molar refractivity (Wildman–Crippen MR) is 66.7 cm³/mol. The largest absolute Gasteiger partial charge is 0.321 e. The summed E-state index contributed by atoms with van der Waals surface area (Å²) in [6.45, 7) is 6.57. The second kappa shape index (κ2) is 4.06. The van der Waals surface area contributed by atoms with E-state index in [0.29, 0.717) is 5.88 Å². The molecule has 0 unspecified atom stereocenters. The number of imidazole rings is 1. The molecule has 0 bridgehead atoms. The minimum atomic E-state index is 0.0281. The normalized spacial score (nSPS) is 12.2. The number of halogens is 1. The first-order chi connectivity index (χ1) is 7.60. The Morgan fingerprint density at radius 1 is 1.44 bits per heavy atom. The lowest BCUT2D eigenvalue weighted by molar-refractivity contribution is 0.344. The number of aromatic nitrogens is 3. The molecule has 0 aliphatic rings. The Kier molecular flexibility index (Phi) is 2.89. The summed E-state index contributed by atoms with van der Waals surface area (Å²) in [4.78, 5) is 8.60. The van der Waals surface area contributed by atoms with Crippen LogP contribution in [0.3, 0.4) is 0 Å². The number of rotatable bonds is 3. The first kappa shape index (κ1) is 11.4. The smallest absolute Gasteiger partial charge is 0.125 e. The fourth-order valence-corrected chi connectivity index (χ4v) is 2.08. The van der Waals surface area contributed by atoms with Crippen LogP contribution in [0.15, 0.2) is 18.5 Å². The van der Waals surface area contributed by atoms with E-state index in [1.165, 1.54) is 0 Å². The molecule has 0 radical (unpaired) electrons. The van der Waals surface area contributed by atoms with E-state index in [4.69, 9.17) is 11.6 Å². The van der Waals surface area contributed by atoms with Crippen molar-refractivity contribution in [1.82, 2.24) is 14.5 Å². The lowest BCUT2D eigenvalue weighted by Gasteiger charge is -2.27. The summed E-state index contributed by atoms with van der Waals surface area (Å²) in [5.74, 6) is 1.34. The highest BCUT2D eigenvalue weighted by molar-refractivity contribution is 6.16. The van der Waals surface area contributed by atoms with E-state index >= 15 is 0 Å². The van der Waals surface area contributed by atoms with Gasteiger partial charge in [0.2, 0.25) is 0 Å². The third kappa shape index (κ3) is 1.69. The van der Waals surface area contributed by atoms with Gasteiger partial charge in [-0.15, -0.1) is 11.6 Å². The van der Waals surface area contributed by atoms with E-state index in [1.807, 2.05) is 6.07 Å². The SMILES string of the molecule is CCC(C)(C)n1c(CCl)nc2cnccc21. The fraction of sp³-hybridized carbons (Fsp3) is 0.500. The third-order valence-corrected chi connectivity index (χ3v) is 3.36. The minimum absolute atomic E-state index is 0.0281. The molecule has 2 rings (SSSR count). The molecule has 0 atom stereocenters. The Morgan fingerprint density at radius 3 is 2.81 bits per heavy atom. The summed E-state index contributed by atoms with van der Waals surface area (Å²) in [5, 5.41) is 0. The fourth-order valence-electron chi connectivity index (χ4n) is 1.91. The van der Waals surface area contributed by atoms with Crippen LogP contribution in [0, 0.1) is 0 Å². The topological polar surface area (TPSA) is 30.7 Å². The molecular formula is C12H16ClN3. The summed E-state index contributed by atoms with van der Waals surface area (Å²) in [6.07, 6.45) is 4.61. The summed E-state index contributed by atoms with van der Waals surface area (Å²) in [5.41, 5.74) is 2.05. The van der Waals surface area contributed by atoms with Crippen LogP contribution in [0.5, 0.6) is 0 Å². The lowest BCUT2D eigenvalue weighted by Crippen LogP contribution is -2.26. The molecule has 0 fully saturated rings. The molecule has 0 N–H and O–H groups in total. The van der Waals surface area contributed by atoms with Crippen LogP contribution >= 0.6 is 11.6 Å². The number of pyridine rings is 1.